The van der Waals surface area contributed by atoms with Crippen LogP contribution in [0.5, 0.6) is 0 Å². The molecule has 408 valence electrons. The molecule has 2 aliphatic rings. The molecule has 1 aromatic rings. The van der Waals surface area contributed by atoms with Gasteiger partial charge in [0.05, 0.1) is 49.3 Å². The summed E-state index contributed by atoms with van der Waals surface area (Å²) in [5.74, 6) is -0.741. The number of ether oxygens (including phenoxy) is 2. The number of carbonyl (C=O) groups excluding carboxylic acids is 8. The van der Waals surface area contributed by atoms with Crippen LogP contribution in [0.2, 0.25) is 0 Å². The van der Waals surface area contributed by atoms with Crippen LogP contribution in [0.3, 0.4) is 0 Å². The Morgan fingerprint density at radius 3 is 1.94 bits per heavy atom. The second kappa shape index (κ2) is 40.6. The van der Waals surface area contributed by atoms with E-state index in [-0.39, 0.29) is 79.2 Å². The van der Waals surface area contributed by atoms with Crippen molar-refractivity contribution >= 4 is 48.4 Å². The van der Waals surface area contributed by atoms with Gasteiger partial charge in [-0.1, -0.05) is 110 Å². The molecule has 0 spiro atoms. The first kappa shape index (κ1) is 68.0. The molecule has 5 unspecified atom stereocenters. The third kappa shape index (κ3) is 29.6. The number of rotatable bonds is 25. The van der Waals surface area contributed by atoms with E-state index in [0.717, 1.165) is 51.6 Å². The maximum Gasteiger partial charge on any atom is 0.314 e. The average molecular weight is 1230 g/mol. The largest absolute Gasteiger partial charge is 0.520 e. The molecule has 2 heterocycles. The van der Waals surface area contributed by atoms with Crippen LogP contribution in [-0.2, 0) is 43.0 Å². The minimum Gasteiger partial charge on any atom is -0.520 e. The molecular weight excluding hydrogens is 1140 g/mol. The summed E-state index contributed by atoms with van der Waals surface area (Å²) >= 11 is 0. The molecule has 20 heteroatoms. The number of hydrogen-bond acceptors (Lipinski definition) is 10. The summed E-state index contributed by atoms with van der Waals surface area (Å²) in [5, 5.41) is 17.6. The standard InChI is InChI=1S/C26H47N4O6.C11H21N3O3.C7H8.C3H6N2O.C3H8.Fm/c1-10-18(4)23(29(7)22(33)15-27-25(34)26(5,6)28-16-31)20(35-8)14-21(32)30-13-11-12-19(30)24(36-9)17(2)3;1-2-3-4-5-10(16)13-6-7-14-11(17)8-12-9-15;1-7-5-3-2-4-6-7;6-3-4-1-2-5-3;1-3-2;/h17-20,23-24H,10-15H2,1-9H3,(H,27,34)(H,28,31);9H,2-8H2,1H3,(H,12,15)(H,13,16)(H,14,17);2-6H,1H3;1-2H2,(H2,4,5,6);3H2,1-2H3;/q-1;;;;;. The smallest absolute Gasteiger partial charge is 0.314 e. The number of nitrogens with zero attached hydrogens (tertiary/aromatic N) is 2. The van der Waals surface area contributed by atoms with Gasteiger partial charge in [-0.15, -0.1) is 0 Å². The van der Waals surface area contributed by atoms with Gasteiger partial charge in [-0.2, -0.15) is 6.41 Å². The van der Waals surface area contributed by atoms with E-state index in [1.165, 1.54) is 32.2 Å². The van der Waals surface area contributed by atoms with Crippen molar-refractivity contribution in [1.82, 2.24) is 47.0 Å². The van der Waals surface area contributed by atoms with Crippen LogP contribution in [-0.4, -0.2) is 155 Å². The first-order valence-corrected chi connectivity index (χ1v) is 24.5. The molecule has 0 aromatic heterocycles. The molecule has 2 saturated heterocycles. The van der Waals surface area contributed by atoms with Crippen LogP contribution in [0.4, 0.5) is 4.79 Å². The van der Waals surface area contributed by atoms with Crippen molar-refractivity contribution < 1.29 is 47.8 Å². The van der Waals surface area contributed by atoms with Gasteiger partial charge < -0.3 is 61.3 Å². The molecule has 2 aliphatic heterocycles. The Bertz CT molecular complexity index is 1600. The van der Waals surface area contributed by atoms with Crippen molar-refractivity contribution in [3.63, 3.8) is 0 Å². The van der Waals surface area contributed by atoms with E-state index < -0.39 is 17.6 Å². The van der Waals surface area contributed by atoms with Crippen molar-refractivity contribution in [2.75, 3.05) is 67.1 Å². The number of unbranched alkanes of at least 4 members (excludes halogenated alkanes) is 2. The Labute approximate surface area is 413 Å². The van der Waals surface area contributed by atoms with E-state index in [1.807, 2.05) is 36.9 Å². The number of aryl methyl sites for hydroxylation is 1. The van der Waals surface area contributed by atoms with Crippen LogP contribution in [0.15, 0.2) is 30.3 Å². The Hall–Kier alpha value is -6.30. The summed E-state index contributed by atoms with van der Waals surface area (Å²) in [6.45, 7) is 22.5. The van der Waals surface area contributed by atoms with Crippen molar-refractivity contribution in [1.29, 1.82) is 0 Å². The van der Waals surface area contributed by atoms with Gasteiger partial charge in [-0.05, 0) is 51.9 Å². The Balaban J connectivity index is -0.00000107. The first-order chi connectivity index (χ1) is 32.8. The summed E-state index contributed by atoms with van der Waals surface area (Å²) in [4.78, 5) is 95.2. The zero-order chi connectivity index (χ0) is 52.8. The van der Waals surface area contributed by atoms with Gasteiger partial charge in [0, 0.05) is 60.4 Å². The summed E-state index contributed by atoms with van der Waals surface area (Å²) in [6, 6.07) is 9.87. The molecule has 0 aliphatic carbocycles. The van der Waals surface area contributed by atoms with Crippen LogP contribution in [0.1, 0.15) is 126 Å². The summed E-state index contributed by atoms with van der Waals surface area (Å²) in [5.41, 5.74) is 0.128. The molecule has 0 bridgehead atoms. The number of benzene rings is 1. The van der Waals surface area contributed by atoms with Crippen molar-refractivity contribution in [3.05, 3.63) is 35.9 Å². The molecule has 70 heavy (non-hydrogen) atoms. The fourth-order valence-corrected chi connectivity index (χ4v) is 7.21. The van der Waals surface area contributed by atoms with Gasteiger partial charge >= 0.3 is 6.03 Å². The van der Waals surface area contributed by atoms with Crippen molar-refractivity contribution in [2.24, 2.45) is 11.8 Å². The number of likely N-dealkylation sites (tertiary alicyclic amines) is 1. The average Bonchev–Trinajstić information content (AvgIpc) is 4.01. The van der Waals surface area contributed by atoms with Gasteiger partial charge in [0.1, 0.15) is 0 Å². The van der Waals surface area contributed by atoms with Crippen LogP contribution in [0.25, 0.3) is 0 Å². The molecule has 5 atom stereocenters. The quantitative estimate of drug-likeness (QED) is 0.0324. The molecule has 7 N–H and O–H groups in total. The van der Waals surface area contributed by atoms with Gasteiger partial charge in [-0.3, -0.25) is 28.8 Å². The molecule has 19 nitrogen and oxygen atoms in total. The zero-order valence-electron chi connectivity index (χ0n) is 44.5. The summed E-state index contributed by atoms with van der Waals surface area (Å²) in [6.07, 6.45) is 9.02. The molecule has 0 saturated carbocycles. The Kier molecular flexibility index (Phi) is 39.4. The monoisotopic (exact) mass is 1230 g/mol. The molecular formula is C50H90FmN9O10-. The molecule has 2 fully saturated rings. The second-order valence-corrected chi connectivity index (χ2v) is 17.8. The summed E-state index contributed by atoms with van der Waals surface area (Å²) in [7, 11) is 4.92. The SMILES string of the molecule is CCC.CCC(C)C(C(CC(=O)N1CCCC1C(OC)C(C)C)OC)N(C)C(=O)CNC(=O)C(C)(C)N[C-]=O.CCCCCC(=O)NCCNC(=O)CNC=O.Cc1ccccc1.O=C1NCCN1.[Fm]. The normalized spacial score (nSPS) is 15.1. The third-order valence-electron chi connectivity index (χ3n) is 11.1. The van der Waals surface area contributed by atoms with E-state index in [0.29, 0.717) is 32.5 Å². The van der Waals surface area contributed by atoms with Gasteiger partial charge in [0.15, 0.2) is 0 Å². The summed E-state index contributed by atoms with van der Waals surface area (Å²) < 4.78 is 11.5. The number of urea groups is 1. The van der Waals surface area contributed by atoms with E-state index in [2.05, 4.69) is 90.9 Å². The van der Waals surface area contributed by atoms with Crippen LogP contribution < -0.4 is 37.2 Å². The van der Waals surface area contributed by atoms with E-state index in [1.54, 1.807) is 26.2 Å². The number of carbonyl (C=O) groups is 7. The number of nitrogens with one attached hydrogen (secondary N) is 7. The van der Waals surface area contributed by atoms with Crippen molar-refractivity contribution in [3.8, 4) is 0 Å². The minimum absolute atomic E-state index is 0. The van der Waals surface area contributed by atoms with Crippen LogP contribution in [0, 0.1) is 18.8 Å². The Morgan fingerprint density at radius 1 is 0.914 bits per heavy atom. The zero-order valence-corrected chi connectivity index (χ0v) is 46.9. The molecule has 0 radical (unpaired) electrons. The first-order valence-electron chi connectivity index (χ1n) is 24.5. The predicted octanol–water partition coefficient (Wildman–Crippen LogP) is 3.73. The van der Waals surface area contributed by atoms with Gasteiger partial charge in [0.2, 0.25) is 35.9 Å². The Morgan fingerprint density at radius 2 is 1.50 bits per heavy atom. The third-order valence-corrected chi connectivity index (χ3v) is 11.1. The number of methoxy groups -OCH3 is 2. The van der Waals surface area contributed by atoms with E-state index in [9.17, 15) is 38.4 Å². The van der Waals surface area contributed by atoms with Gasteiger partial charge in [0.25, 0.3) is 0 Å². The second-order valence-electron chi connectivity index (χ2n) is 17.8. The maximum absolute atomic E-state index is 13.5. The fraction of sp³-hybridized carbons (Fsp3) is 0.720. The van der Waals surface area contributed by atoms with Crippen molar-refractivity contribution in [2.45, 2.75) is 157 Å². The maximum atomic E-state index is 13.5. The van der Waals surface area contributed by atoms with E-state index in [4.69, 9.17) is 9.47 Å². The fourth-order valence-electron chi connectivity index (χ4n) is 7.21. The predicted molar refractivity (Wildman–Crippen MR) is 270 cm³/mol. The van der Waals surface area contributed by atoms with Gasteiger partial charge in [-0.25, -0.2) is 4.79 Å². The number of hydrogen-bond donors (Lipinski definition) is 7. The molecule has 9 amide bonds. The van der Waals surface area contributed by atoms with E-state index >= 15 is 0 Å². The number of amides is 9. The topological polar surface area (TPSA) is 246 Å². The van der Waals surface area contributed by atoms with Crippen LogP contribution >= 0.6 is 0 Å². The number of likely N-dealkylation sites (N-methyl/N-ethyl adjacent to an activating group) is 1. The molecule has 3 rings (SSSR count). The minimum atomic E-state index is -1.19. The molecule has 1 aromatic carbocycles.